The lowest BCUT2D eigenvalue weighted by Gasteiger charge is -2.13. The Balaban J connectivity index is 1.34. The zero-order valence-corrected chi connectivity index (χ0v) is 23.6. The van der Waals surface area contributed by atoms with Crippen LogP contribution in [0, 0.1) is 0 Å². The first kappa shape index (κ1) is 27.7. The van der Waals surface area contributed by atoms with Crippen LogP contribution in [0.2, 0.25) is 5.02 Å². The van der Waals surface area contributed by atoms with E-state index in [4.69, 9.17) is 35.6 Å². The number of aromatic carboxylic acids is 1. The van der Waals surface area contributed by atoms with Crippen LogP contribution >= 0.6 is 11.6 Å². The summed E-state index contributed by atoms with van der Waals surface area (Å²) in [6.07, 6.45) is 1.54. The van der Waals surface area contributed by atoms with Crippen LogP contribution in [0.25, 0.3) is 33.5 Å². The number of hydrogen-bond acceptors (Lipinski definition) is 7. The van der Waals surface area contributed by atoms with Crippen molar-refractivity contribution in [3.8, 4) is 23.1 Å². The van der Waals surface area contributed by atoms with Crippen molar-refractivity contribution in [1.82, 2.24) is 9.66 Å². The summed E-state index contributed by atoms with van der Waals surface area (Å²) in [5, 5.41) is 15.4. The molecule has 0 spiro atoms. The molecule has 0 atom stereocenters. The fourth-order valence-electron chi connectivity index (χ4n) is 4.54. The second-order valence-electron chi connectivity index (χ2n) is 9.54. The maximum absolute atomic E-state index is 13.6. The van der Waals surface area contributed by atoms with Gasteiger partial charge in [-0.15, -0.1) is 0 Å². The number of carboxylic acid groups (broad SMARTS) is 1. The van der Waals surface area contributed by atoms with Gasteiger partial charge in [-0.05, 0) is 84.8 Å². The van der Waals surface area contributed by atoms with E-state index >= 15 is 0 Å². The molecule has 6 rings (SSSR count). The quantitative estimate of drug-likeness (QED) is 0.179. The number of benzene rings is 4. The highest BCUT2D eigenvalue weighted by molar-refractivity contribution is 6.31. The molecular formula is C33H24ClN3O6. The van der Waals surface area contributed by atoms with Crippen LogP contribution in [0.1, 0.15) is 28.4 Å². The number of aromatic nitrogens is 2. The minimum Gasteiger partial charge on any atom is -0.490 e. The number of ether oxygens (including phenoxy) is 2. The van der Waals surface area contributed by atoms with Gasteiger partial charge in [0.1, 0.15) is 12.2 Å². The summed E-state index contributed by atoms with van der Waals surface area (Å²) < 4.78 is 19.0. The Kier molecular flexibility index (Phi) is 7.63. The van der Waals surface area contributed by atoms with E-state index in [-0.39, 0.29) is 23.6 Å². The largest absolute Gasteiger partial charge is 0.490 e. The Morgan fingerprint density at radius 1 is 1.00 bits per heavy atom. The number of hydrogen-bond donors (Lipinski definition) is 1. The first-order valence-corrected chi connectivity index (χ1v) is 13.7. The Bertz CT molecular complexity index is 2060. The molecule has 214 valence electrons. The predicted octanol–water partition coefficient (Wildman–Crippen LogP) is 7.02. The highest BCUT2D eigenvalue weighted by atomic mass is 35.5. The standard InChI is InChI=1S/C33H24ClN3O6/c1-2-41-29-15-21(9-13-28(29)42-19-20-7-10-22(11-8-20)33(39)40)18-35-37-31(36-26-6-4-3-5-25(26)32(37)38)30-17-23-16-24(34)12-14-27(23)43-30/h3-18H,2,19H2,1H3,(H,39,40). The number of halogens is 1. The van der Waals surface area contributed by atoms with Crippen molar-refractivity contribution in [3.05, 3.63) is 123 Å². The van der Waals surface area contributed by atoms with Gasteiger partial charge in [0.05, 0.1) is 29.3 Å². The summed E-state index contributed by atoms with van der Waals surface area (Å²) in [7, 11) is 0. The van der Waals surface area contributed by atoms with Crippen LogP contribution < -0.4 is 15.0 Å². The maximum atomic E-state index is 13.6. The first-order chi connectivity index (χ1) is 20.9. The number of para-hydroxylation sites is 1. The molecule has 10 heteroatoms. The summed E-state index contributed by atoms with van der Waals surface area (Å²) in [5.74, 6) is 0.623. The van der Waals surface area contributed by atoms with Gasteiger partial charge in [0.25, 0.3) is 5.56 Å². The molecule has 43 heavy (non-hydrogen) atoms. The van der Waals surface area contributed by atoms with Crippen LogP contribution in [0.5, 0.6) is 11.5 Å². The number of fused-ring (bicyclic) bond motifs is 2. The lowest BCUT2D eigenvalue weighted by molar-refractivity contribution is 0.0697. The van der Waals surface area contributed by atoms with Gasteiger partial charge in [-0.3, -0.25) is 4.79 Å². The van der Waals surface area contributed by atoms with Gasteiger partial charge >= 0.3 is 5.97 Å². The van der Waals surface area contributed by atoms with Crippen molar-refractivity contribution in [2.24, 2.45) is 5.10 Å². The Hall–Kier alpha value is -5.41. The number of furan rings is 1. The number of carboxylic acids is 1. The molecule has 0 fully saturated rings. The summed E-state index contributed by atoms with van der Waals surface area (Å²) in [6, 6.07) is 25.9. The molecule has 0 saturated carbocycles. The van der Waals surface area contributed by atoms with Crippen LogP contribution in [-0.4, -0.2) is 33.6 Å². The second-order valence-corrected chi connectivity index (χ2v) is 9.97. The lowest BCUT2D eigenvalue weighted by atomic mass is 10.1. The molecule has 4 aromatic carbocycles. The highest BCUT2D eigenvalue weighted by Crippen LogP contribution is 2.30. The molecule has 0 aliphatic carbocycles. The molecule has 0 bridgehead atoms. The lowest BCUT2D eigenvalue weighted by Crippen LogP contribution is -2.20. The number of nitrogens with zero attached hydrogens (tertiary/aromatic N) is 3. The average Bonchev–Trinajstić information content (AvgIpc) is 3.43. The first-order valence-electron chi connectivity index (χ1n) is 13.4. The summed E-state index contributed by atoms with van der Waals surface area (Å²) in [5.41, 5.74) is 2.44. The molecule has 0 aliphatic heterocycles. The van der Waals surface area contributed by atoms with Crippen LogP contribution in [0.4, 0.5) is 0 Å². The average molecular weight is 594 g/mol. The third-order valence-corrected chi connectivity index (χ3v) is 6.87. The molecule has 9 nitrogen and oxygen atoms in total. The molecule has 2 aromatic heterocycles. The van der Waals surface area contributed by atoms with E-state index < -0.39 is 5.97 Å². The summed E-state index contributed by atoms with van der Waals surface area (Å²) in [4.78, 5) is 29.4. The van der Waals surface area contributed by atoms with Crippen molar-refractivity contribution < 1.29 is 23.8 Å². The number of rotatable bonds is 9. The van der Waals surface area contributed by atoms with Gasteiger partial charge in [-0.25, -0.2) is 9.78 Å². The Morgan fingerprint density at radius 3 is 2.60 bits per heavy atom. The minimum absolute atomic E-state index is 0.205. The predicted molar refractivity (Wildman–Crippen MR) is 165 cm³/mol. The van der Waals surface area contributed by atoms with E-state index in [1.807, 2.05) is 13.0 Å². The molecule has 0 radical (unpaired) electrons. The van der Waals surface area contributed by atoms with Gasteiger partial charge in [0.2, 0.25) is 5.82 Å². The van der Waals surface area contributed by atoms with Crippen LogP contribution in [0.3, 0.4) is 0 Å². The molecule has 0 saturated heterocycles. The van der Waals surface area contributed by atoms with Gasteiger partial charge in [0, 0.05) is 10.4 Å². The van der Waals surface area contributed by atoms with Crippen LogP contribution in [0.15, 0.2) is 105 Å². The Morgan fingerprint density at radius 2 is 1.81 bits per heavy atom. The fraction of sp³-hybridized carbons (Fsp3) is 0.0909. The molecule has 0 aliphatic rings. The zero-order valence-electron chi connectivity index (χ0n) is 22.9. The SMILES string of the molecule is CCOc1cc(C=Nn2c(-c3cc4cc(Cl)ccc4o3)nc3ccccc3c2=O)ccc1OCc1ccc(C(=O)O)cc1. The summed E-state index contributed by atoms with van der Waals surface area (Å²) >= 11 is 6.16. The zero-order chi connectivity index (χ0) is 29.9. The van der Waals surface area contributed by atoms with E-state index in [0.717, 1.165) is 10.9 Å². The van der Waals surface area contributed by atoms with Crippen molar-refractivity contribution in [2.45, 2.75) is 13.5 Å². The maximum Gasteiger partial charge on any atom is 0.335 e. The smallest absolute Gasteiger partial charge is 0.335 e. The van der Waals surface area contributed by atoms with Crippen LogP contribution in [-0.2, 0) is 6.61 Å². The van der Waals surface area contributed by atoms with Crippen molar-refractivity contribution >= 4 is 45.7 Å². The van der Waals surface area contributed by atoms with Gasteiger partial charge < -0.3 is 19.0 Å². The van der Waals surface area contributed by atoms with Gasteiger partial charge in [-0.2, -0.15) is 9.78 Å². The third kappa shape index (κ3) is 5.84. The Labute approximate surface area is 250 Å². The van der Waals surface area contributed by atoms with Crippen molar-refractivity contribution in [2.75, 3.05) is 6.61 Å². The molecule has 0 amide bonds. The topological polar surface area (TPSA) is 116 Å². The highest BCUT2D eigenvalue weighted by Gasteiger charge is 2.17. The molecule has 1 N–H and O–H groups in total. The third-order valence-electron chi connectivity index (χ3n) is 6.64. The monoisotopic (exact) mass is 593 g/mol. The van der Waals surface area contributed by atoms with Gasteiger partial charge in [-0.1, -0.05) is 35.9 Å². The van der Waals surface area contributed by atoms with Crippen molar-refractivity contribution in [3.63, 3.8) is 0 Å². The molecule has 6 aromatic rings. The van der Waals surface area contributed by atoms with E-state index in [1.165, 1.54) is 23.0 Å². The van der Waals surface area contributed by atoms with E-state index in [9.17, 15) is 9.59 Å². The van der Waals surface area contributed by atoms with E-state index in [2.05, 4.69) is 5.10 Å². The molecule has 2 heterocycles. The van der Waals surface area contributed by atoms with Crippen molar-refractivity contribution in [1.29, 1.82) is 0 Å². The van der Waals surface area contributed by atoms with E-state index in [1.54, 1.807) is 72.8 Å². The normalized spacial score (nSPS) is 11.4. The molecule has 0 unspecified atom stereocenters. The van der Waals surface area contributed by atoms with E-state index in [0.29, 0.717) is 50.9 Å². The second kappa shape index (κ2) is 11.8. The minimum atomic E-state index is -0.986. The summed E-state index contributed by atoms with van der Waals surface area (Å²) in [6.45, 7) is 2.48. The fourth-order valence-corrected chi connectivity index (χ4v) is 4.72. The number of carbonyl (C=O) groups is 1. The van der Waals surface area contributed by atoms with Gasteiger partial charge in [0.15, 0.2) is 17.3 Å². The molecular weight excluding hydrogens is 570 g/mol.